The Morgan fingerprint density at radius 1 is 1.25 bits per heavy atom. The van der Waals surface area contributed by atoms with E-state index in [1.165, 1.54) is 0 Å². The summed E-state index contributed by atoms with van der Waals surface area (Å²) in [6.45, 7) is 5.17. The van der Waals surface area contributed by atoms with E-state index in [1.54, 1.807) is 6.92 Å². The second-order valence-corrected chi connectivity index (χ2v) is 6.57. The number of rotatable bonds is 2. The maximum absolute atomic E-state index is 11.3. The van der Waals surface area contributed by atoms with E-state index < -0.39 is 3.79 Å². The molecule has 0 heterocycles. The highest BCUT2D eigenvalue weighted by molar-refractivity contribution is 6.67. The van der Waals surface area contributed by atoms with E-state index in [0.717, 1.165) is 25.7 Å². The Labute approximate surface area is 111 Å². The first-order valence-electron chi connectivity index (χ1n) is 5.24. The summed E-state index contributed by atoms with van der Waals surface area (Å²) < 4.78 is 4.04. The van der Waals surface area contributed by atoms with E-state index in [4.69, 9.17) is 39.5 Å². The summed E-state index contributed by atoms with van der Waals surface area (Å²) in [5.41, 5.74) is 0.420. The van der Waals surface area contributed by atoms with Crippen molar-refractivity contribution in [3.63, 3.8) is 0 Å². The van der Waals surface area contributed by atoms with Crippen molar-refractivity contribution in [1.29, 1.82) is 0 Å². The Morgan fingerprint density at radius 3 is 2.12 bits per heavy atom. The lowest BCUT2D eigenvalue weighted by Gasteiger charge is -2.32. The third-order valence-electron chi connectivity index (χ3n) is 2.76. The molecule has 0 aromatic carbocycles. The van der Waals surface area contributed by atoms with Crippen LogP contribution in [0.15, 0.2) is 12.2 Å². The predicted octanol–water partition coefficient (Wildman–Crippen LogP) is 4.03. The van der Waals surface area contributed by atoms with Gasteiger partial charge in [0.25, 0.3) is 0 Å². The summed E-state index contributed by atoms with van der Waals surface area (Å²) in [5.74, 6) is -0.283. The normalized spacial score (nSPS) is 26.2. The highest BCUT2D eigenvalue weighted by atomic mass is 35.6. The molecule has 2 nitrogen and oxygen atoms in total. The SMILES string of the molecule is C=C(C)C(=O)OC1CCC(C(Cl)(Cl)Cl)CC1. The van der Waals surface area contributed by atoms with Crippen LogP contribution in [-0.2, 0) is 9.53 Å². The Hall–Kier alpha value is 0.0800. The van der Waals surface area contributed by atoms with Crippen LogP contribution in [0.4, 0.5) is 0 Å². The molecule has 0 spiro atoms. The monoisotopic (exact) mass is 284 g/mol. The lowest BCUT2D eigenvalue weighted by molar-refractivity contribution is -0.146. The van der Waals surface area contributed by atoms with Gasteiger partial charge in [-0.3, -0.25) is 0 Å². The molecule has 92 valence electrons. The van der Waals surface area contributed by atoms with E-state index in [0.29, 0.717) is 5.57 Å². The van der Waals surface area contributed by atoms with Gasteiger partial charge in [0, 0.05) is 11.5 Å². The van der Waals surface area contributed by atoms with Crippen molar-refractivity contribution in [2.75, 3.05) is 0 Å². The fourth-order valence-electron chi connectivity index (χ4n) is 1.76. The number of esters is 1. The molecule has 1 saturated carbocycles. The van der Waals surface area contributed by atoms with Crippen LogP contribution in [0.1, 0.15) is 32.6 Å². The Kier molecular flexibility index (Phi) is 4.96. The Morgan fingerprint density at radius 2 is 1.75 bits per heavy atom. The van der Waals surface area contributed by atoms with E-state index >= 15 is 0 Å². The zero-order valence-electron chi connectivity index (χ0n) is 9.14. The number of hydrogen-bond donors (Lipinski definition) is 0. The molecule has 5 heteroatoms. The number of carbonyl (C=O) groups excluding carboxylic acids is 1. The summed E-state index contributed by atoms with van der Waals surface area (Å²) in [6.07, 6.45) is 2.97. The number of halogens is 3. The van der Waals surface area contributed by atoms with Gasteiger partial charge in [-0.25, -0.2) is 4.79 Å². The topological polar surface area (TPSA) is 26.3 Å². The fourth-order valence-corrected chi connectivity index (χ4v) is 2.41. The molecule has 0 unspecified atom stereocenters. The van der Waals surface area contributed by atoms with Crippen molar-refractivity contribution in [3.05, 3.63) is 12.2 Å². The lowest BCUT2D eigenvalue weighted by Crippen LogP contribution is -2.30. The third kappa shape index (κ3) is 4.15. The standard InChI is InChI=1S/C11H15Cl3O2/c1-7(2)10(15)16-9-5-3-8(4-6-9)11(12,13)14/h8-9H,1,3-6H2,2H3. The van der Waals surface area contributed by atoms with Crippen LogP contribution in [0.5, 0.6) is 0 Å². The van der Waals surface area contributed by atoms with Crippen molar-refractivity contribution in [1.82, 2.24) is 0 Å². The maximum atomic E-state index is 11.3. The molecule has 0 N–H and O–H groups in total. The molecule has 0 bridgehead atoms. The quantitative estimate of drug-likeness (QED) is 0.435. The Bertz CT molecular complexity index is 275. The minimum atomic E-state index is -1.21. The van der Waals surface area contributed by atoms with Gasteiger partial charge in [-0.15, -0.1) is 0 Å². The second kappa shape index (κ2) is 5.61. The first-order chi connectivity index (χ1) is 7.30. The lowest BCUT2D eigenvalue weighted by atomic mass is 9.88. The van der Waals surface area contributed by atoms with Crippen LogP contribution in [-0.4, -0.2) is 15.9 Å². The van der Waals surface area contributed by atoms with Crippen molar-refractivity contribution in [3.8, 4) is 0 Å². The van der Waals surface area contributed by atoms with Crippen LogP contribution in [0.3, 0.4) is 0 Å². The zero-order valence-corrected chi connectivity index (χ0v) is 11.4. The summed E-state index contributed by atoms with van der Waals surface area (Å²) in [6, 6.07) is 0. The molecular weight excluding hydrogens is 270 g/mol. The van der Waals surface area contributed by atoms with Crippen LogP contribution >= 0.6 is 34.8 Å². The molecule has 0 aliphatic heterocycles. The molecule has 0 amide bonds. The van der Waals surface area contributed by atoms with Gasteiger partial charge in [0.05, 0.1) is 0 Å². The van der Waals surface area contributed by atoms with Crippen LogP contribution in [0.25, 0.3) is 0 Å². The van der Waals surface area contributed by atoms with Gasteiger partial charge in [-0.05, 0) is 32.6 Å². The molecule has 1 aliphatic carbocycles. The number of carbonyl (C=O) groups is 1. The Balaban J connectivity index is 2.38. The molecule has 1 fully saturated rings. The van der Waals surface area contributed by atoms with Gasteiger partial charge in [-0.1, -0.05) is 41.4 Å². The van der Waals surface area contributed by atoms with Crippen molar-refractivity contribution >= 4 is 40.8 Å². The van der Waals surface area contributed by atoms with Gasteiger partial charge in [0.1, 0.15) is 6.10 Å². The van der Waals surface area contributed by atoms with Crippen molar-refractivity contribution in [2.45, 2.75) is 42.5 Å². The summed E-state index contributed by atoms with van der Waals surface area (Å²) in [7, 11) is 0. The molecule has 1 rings (SSSR count). The molecule has 0 aromatic heterocycles. The largest absolute Gasteiger partial charge is 0.459 e. The first kappa shape index (κ1) is 14.1. The number of ether oxygens (including phenoxy) is 1. The number of hydrogen-bond acceptors (Lipinski definition) is 2. The molecule has 0 aromatic rings. The highest BCUT2D eigenvalue weighted by Crippen LogP contribution is 2.43. The summed E-state index contributed by atoms with van der Waals surface area (Å²) >= 11 is 17.5. The smallest absolute Gasteiger partial charge is 0.333 e. The van der Waals surface area contributed by atoms with E-state index in [-0.39, 0.29) is 18.0 Å². The number of alkyl halides is 3. The third-order valence-corrected chi connectivity index (χ3v) is 3.69. The molecule has 0 radical (unpaired) electrons. The second-order valence-electron chi connectivity index (χ2n) is 4.20. The van der Waals surface area contributed by atoms with Gasteiger partial charge >= 0.3 is 5.97 Å². The van der Waals surface area contributed by atoms with Gasteiger partial charge in [0.2, 0.25) is 0 Å². The van der Waals surface area contributed by atoms with Crippen molar-refractivity contribution in [2.24, 2.45) is 5.92 Å². The minimum absolute atomic E-state index is 0.0530. The van der Waals surface area contributed by atoms with E-state index in [9.17, 15) is 4.79 Å². The molecule has 16 heavy (non-hydrogen) atoms. The average Bonchev–Trinajstić information content (AvgIpc) is 2.17. The fraction of sp³-hybridized carbons (Fsp3) is 0.727. The molecule has 0 atom stereocenters. The predicted molar refractivity (Wildman–Crippen MR) is 66.9 cm³/mol. The average molecular weight is 286 g/mol. The van der Waals surface area contributed by atoms with Crippen LogP contribution < -0.4 is 0 Å². The molecule has 1 aliphatic rings. The van der Waals surface area contributed by atoms with Crippen molar-refractivity contribution < 1.29 is 9.53 Å². The van der Waals surface area contributed by atoms with Crippen LogP contribution in [0.2, 0.25) is 0 Å². The zero-order chi connectivity index (χ0) is 12.3. The highest BCUT2D eigenvalue weighted by Gasteiger charge is 2.36. The minimum Gasteiger partial charge on any atom is -0.459 e. The maximum Gasteiger partial charge on any atom is 0.333 e. The van der Waals surface area contributed by atoms with E-state index in [2.05, 4.69) is 6.58 Å². The van der Waals surface area contributed by atoms with E-state index in [1.807, 2.05) is 0 Å². The molecular formula is C11H15Cl3O2. The summed E-state index contributed by atoms with van der Waals surface area (Å²) in [4.78, 5) is 11.3. The molecule has 0 saturated heterocycles. The van der Waals surface area contributed by atoms with Gasteiger partial charge in [0.15, 0.2) is 3.79 Å². The van der Waals surface area contributed by atoms with Crippen LogP contribution in [0, 0.1) is 5.92 Å². The summed E-state index contributed by atoms with van der Waals surface area (Å²) in [5, 5.41) is 0. The first-order valence-corrected chi connectivity index (χ1v) is 6.37. The van der Waals surface area contributed by atoms with Gasteiger partial charge < -0.3 is 4.74 Å². The van der Waals surface area contributed by atoms with Gasteiger partial charge in [-0.2, -0.15) is 0 Å².